The molecule has 0 spiro atoms. The first-order valence-electron chi connectivity index (χ1n) is 7.24. The maximum absolute atomic E-state index is 12.3. The summed E-state index contributed by atoms with van der Waals surface area (Å²) >= 11 is 0. The molecule has 4 nitrogen and oxygen atoms in total. The van der Waals surface area contributed by atoms with Crippen LogP contribution in [0.15, 0.2) is 0 Å². The lowest BCUT2D eigenvalue weighted by Crippen LogP contribution is -2.47. The third-order valence-electron chi connectivity index (χ3n) is 4.22. The summed E-state index contributed by atoms with van der Waals surface area (Å²) in [5.74, 6) is 1.36. The highest BCUT2D eigenvalue weighted by Gasteiger charge is 2.28. The van der Waals surface area contributed by atoms with Gasteiger partial charge in [-0.05, 0) is 31.6 Å². The molecule has 1 aliphatic carbocycles. The second-order valence-electron chi connectivity index (χ2n) is 5.87. The average Bonchev–Trinajstić information content (AvgIpc) is 2.40. The Kier molecular flexibility index (Phi) is 5.01. The summed E-state index contributed by atoms with van der Waals surface area (Å²) in [5.41, 5.74) is 0. The molecule has 0 aromatic carbocycles. The fourth-order valence-corrected chi connectivity index (χ4v) is 2.95. The smallest absolute Gasteiger partial charge is 0.225 e. The number of nitrogens with zero attached hydrogens (tertiary/aromatic N) is 1. The number of likely N-dealkylation sites (N-methyl/N-ethyl adjacent to an activating group) is 1. The van der Waals surface area contributed by atoms with E-state index in [-0.39, 0.29) is 12.0 Å². The van der Waals surface area contributed by atoms with Gasteiger partial charge in [-0.3, -0.25) is 4.79 Å². The summed E-state index contributed by atoms with van der Waals surface area (Å²) in [7, 11) is 1.92. The van der Waals surface area contributed by atoms with Crippen molar-refractivity contribution in [1.82, 2.24) is 10.2 Å². The second-order valence-corrected chi connectivity index (χ2v) is 5.87. The van der Waals surface area contributed by atoms with Crippen molar-refractivity contribution in [2.45, 2.75) is 38.7 Å². The summed E-state index contributed by atoms with van der Waals surface area (Å²) in [4.78, 5) is 14.2. The molecule has 2 rings (SSSR count). The molecular formula is C14H26N2O2. The van der Waals surface area contributed by atoms with Crippen LogP contribution < -0.4 is 5.32 Å². The summed E-state index contributed by atoms with van der Waals surface area (Å²) in [6.45, 7) is 5.55. The van der Waals surface area contributed by atoms with Gasteiger partial charge in [-0.25, -0.2) is 0 Å². The fourth-order valence-electron chi connectivity index (χ4n) is 2.95. The molecule has 1 amide bonds. The molecule has 0 radical (unpaired) electrons. The zero-order chi connectivity index (χ0) is 13.0. The Morgan fingerprint density at radius 3 is 2.67 bits per heavy atom. The largest absolute Gasteiger partial charge is 0.374 e. The first-order valence-corrected chi connectivity index (χ1v) is 7.24. The first-order chi connectivity index (χ1) is 8.66. The zero-order valence-electron chi connectivity index (χ0n) is 11.7. The fraction of sp³-hybridized carbons (Fsp3) is 0.929. The van der Waals surface area contributed by atoms with Crippen LogP contribution in [0.4, 0.5) is 0 Å². The van der Waals surface area contributed by atoms with Gasteiger partial charge in [0.05, 0.1) is 12.7 Å². The van der Waals surface area contributed by atoms with E-state index in [1.165, 1.54) is 12.8 Å². The van der Waals surface area contributed by atoms with Gasteiger partial charge >= 0.3 is 0 Å². The minimum Gasteiger partial charge on any atom is -0.374 e. The van der Waals surface area contributed by atoms with E-state index in [4.69, 9.17) is 4.74 Å². The van der Waals surface area contributed by atoms with E-state index in [2.05, 4.69) is 12.2 Å². The van der Waals surface area contributed by atoms with Crippen molar-refractivity contribution < 1.29 is 9.53 Å². The van der Waals surface area contributed by atoms with Crippen LogP contribution >= 0.6 is 0 Å². The van der Waals surface area contributed by atoms with Crippen LogP contribution in [0.5, 0.6) is 0 Å². The van der Waals surface area contributed by atoms with Crippen LogP contribution in [0.2, 0.25) is 0 Å². The number of carbonyl (C=O) groups is 1. The summed E-state index contributed by atoms with van der Waals surface area (Å²) < 4.78 is 5.65. The number of hydrogen-bond acceptors (Lipinski definition) is 3. The summed E-state index contributed by atoms with van der Waals surface area (Å²) in [6.07, 6.45) is 4.69. The highest BCUT2D eigenvalue weighted by molar-refractivity contribution is 5.78. The van der Waals surface area contributed by atoms with Gasteiger partial charge < -0.3 is 15.0 Å². The van der Waals surface area contributed by atoms with E-state index < -0.39 is 0 Å². The third-order valence-corrected chi connectivity index (χ3v) is 4.22. The Bertz CT molecular complexity index is 269. The Labute approximate surface area is 110 Å². The molecule has 0 bridgehead atoms. The quantitative estimate of drug-likeness (QED) is 0.824. The summed E-state index contributed by atoms with van der Waals surface area (Å²) in [6, 6.07) is 0. The van der Waals surface area contributed by atoms with Crippen LogP contribution in [0, 0.1) is 11.8 Å². The van der Waals surface area contributed by atoms with Crippen molar-refractivity contribution in [2.24, 2.45) is 11.8 Å². The number of morpholine rings is 1. The minimum atomic E-state index is 0.162. The van der Waals surface area contributed by atoms with Gasteiger partial charge in [-0.2, -0.15) is 0 Å². The van der Waals surface area contributed by atoms with Gasteiger partial charge in [0.1, 0.15) is 0 Å². The molecular weight excluding hydrogens is 228 g/mol. The normalized spacial score (nSPS) is 33.1. The molecule has 1 unspecified atom stereocenters. The van der Waals surface area contributed by atoms with Gasteiger partial charge in [-0.15, -0.1) is 0 Å². The van der Waals surface area contributed by atoms with E-state index in [0.717, 1.165) is 45.0 Å². The van der Waals surface area contributed by atoms with E-state index in [0.29, 0.717) is 5.91 Å². The number of ether oxygens (including phenoxy) is 1. The molecule has 0 aromatic heterocycles. The van der Waals surface area contributed by atoms with Gasteiger partial charge in [-0.1, -0.05) is 6.92 Å². The van der Waals surface area contributed by atoms with Gasteiger partial charge in [0.2, 0.25) is 5.91 Å². The van der Waals surface area contributed by atoms with E-state index in [1.54, 1.807) is 0 Å². The summed E-state index contributed by atoms with van der Waals surface area (Å²) in [5, 5.41) is 3.30. The maximum atomic E-state index is 12.3. The molecule has 1 atom stereocenters. The van der Waals surface area contributed by atoms with Crippen LogP contribution in [0.3, 0.4) is 0 Å². The number of carbonyl (C=O) groups excluding carboxylic acids is 1. The standard InChI is InChI=1S/C14H26N2O2/c1-11-3-5-12(6-4-11)14(17)16(2)10-13-9-15-7-8-18-13/h11-13,15H,3-10H2,1-2H3. The van der Waals surface area contributed by atoms with Crippen molar-refractivity contribution in [2.75, 3.05) is 33.3 Å². The van der Waals surface area contributed by atoms with Crippen molar-refractivity contribution in [3.8, 4) is 0 Å². The lowest BCUT2D eigenvalue weighted by molar-refractivity contribution is -0.137. The van der Waals surface area contributed by atoms with E-state index in [9.17, 15) is 4.79 Å². The molecule has 4 heteroatoms. The molecule has 2 aliphatic rings. The Morgan fingerprint density at radius 2 is 2.06 bits per heavy atom. The average molecular weight is 254 g/mol. The molecule has 1 aliphatic heterocycles. The lowest BCUT2D eigenvalue weighted by Gasteiger charge is -2.32. The van der Waals surface area contributed by atoms with Crippen LogP contribution in [0.25, 0.3) is 0 Å². The van der Waals surface area contributed by atoms with Crippen LogP contribution in [-0.4, -0.2) is 50.2 Å². The molecule has 104 valence electrons. The first kappa shape index (κ1) is 13.8. The van der Waals surface area contributed by atoms with Gasteiger partial charge in [0.25, 0.3) is 0 Å². The molecule has 2 fully saturated rings. The highest BCUT2D eigenvalue weighted by atomic mass is 16.5. The van der Waals surface area contributed by atoms with Crippen molar-refractivity contribution in [3.63, 3.8) is 0 Å². The molecule has 1 saturated heterocycles. The van der Waals surface area contributed by atoms with E-state index in [1.807, 2.05) is 11.9 Å². The van der Waals surface area contributed by atoms with Crippen molar-refractivity contribution >= 4 is 5.91 Å². The molecule has 18 heavy (non-hydrogen) atoms. The number of nitrogens with one attached hydrogen (secondary N) is 1. The minimum absolute atomic E-state index is 0.162. The molecule has 0 aromatic rings. The number of hydrogen-bond donors (Lipinski definition) is 1. The van der Waals surface area contributed by atoms with Crippen molar-refractivity contribution in [1.29, 1.82) is 0 Å². The van der Waals surface area contributed by atoms with Gasteiger partial charge in [0, 0.05) is 32.6 Å². The van der Waals surface area contributed by atoms with Crippen molar-refractivity contribution in [3.05, 3.63) is 0 Å². The highest BCUT2D eigenvalue weighted by Crippen LogP contribution is 2.29. The van der Waals surface area contributed by atoms with Gasteiger partial charge in [0.15, 0.2) is 0 Å². The van der Waals surface area contributed by atoms with Crippen LogP contribution in [0.1, 0.15) is 32.6 Å². The topological polar surface area (TPSA) is 41.6 Å². The monoisotopic (exact) mass is 254 g/mol. The predicted molar refractivity (Wildman–Crippen MR) is 71.4 cm³/mol. The molecule has 1 saturated carbocycles. The lowest BCUT2D eigenvalue weighted by atomic mass is 9.82. The Morgan fingerprint density at radius 1 is 1.33 bits per heavy atom. The molecule has 1 N–H and O–H groups in total. The predicted octanol–water partition coefficient (Wildman–Crippen LogP) is 1.26. The Balaban J connectivity index is 1.77. The second kappa shape index (κ2) is 6.53. The third kappa shape index (κ3) is 3.69. The SMILES string of the molecule is CC1CCC(C(=O)N(C)CC2CNCCO2)CC1. The molecule has 1 heterocycles. The number of rotatable bonds is 3. The number of amides is 1. The zero-order valence-corrected chi connectivity index (χ0v) is 11.7. The van der Waals surface area contributed by atoms with Crippen LogP contribution in [-0.2, 0) is 9.53 Å². The van der Waals surface area contributed by atoms with E-state index >= 15 is 0 Å². The Hall–Kier alpha value is -0.610. The maximum Gasteiger partial charge on any atom is 0.225 e.